The number of hydrogen-bond donors (Lipinski definition) is 3. The van der Waals surface area contributed by atoms with Gasteiger partial charge in [-0.25, -0.2) is 0 Å². The van der Waals surface area contributed by atoms with E-state index in [0.717, 1.165) is 51.4 Å². The third-order valence-electron chi connectivity index (χ3n) is 13.7. The van der Waals surface area contributed by atoms with Crippen LogP contribution >= 0.6 is 0 Å². The molecular weight excluding hydrogens is 827 g/mol. The molecule has 6 heteroatoms. The fourth-order valence-electron chi connectivity index (χ4n) is 9.08. The molecule has 0 aromatic rings. The van der Waals surface area contributed by atoms with E-state index < -0.39 is 12.1 Å². The summed E-state index contributed by atoms with van der Waals surface area (Å²) < 4.78 is 5.48. The van der Waals surface area contributed by atoms with Gasteiger partial charge in [-0.05, 0) is 64.2 Å². The number of ether oxygens (including phenoxy) is 1. The molecule has 394 valence electrons. The highest BCUT2D eigenvalue weighted by Gasteiger charge is 2.18. The molecule has 3 N–H and O–H groups in total. The number of carbonyl (C=O) groups excluding carboxylic acids is 2. The maximum absolute atomic E-state index is 12.4. The molecule has 0 heterocycles. The molecule has 0 saturated carbocycles. The summed E-state index contributed by atoms with van der Waals surface area (Å²) in [6, 6.07) is -0.625. The summed E-state index contributed by atoms with van der Waals surface area (Å²) in [7, 11) is 0. The van der Waals surface area contributed by atoms with Crippen molar-refractivity contribution in [1.29, 1.82) is 0 Å². The van der Waals surface area contributed by atoms with Gasteiger partial charge in [-0.2, -0.15) is 0 Å². The second-order valence-electron chi connectivity index (χ2n) is 20.3. The van der Waals surface area contributed by atoms with Gasteiger partial charge < -0.3 is 20.3 Å². The number of nitrogens with one attached hydrogen (secondary N) is 1. The van der Waals surface area contributed by atoms with Crippen molar-refractivity contribution in [2.24, 2.45) is 0 Å². The van der Waals surface area contributed by atoms with Crippen LogP contribution in [0.4, 0.5) is 0 Å². The van der Waals surface area contributed by atoms with Gasteiger partial charge >= 0.3 is 5.97 Å². The van der Waals surface area contributed by atoms with Crippen LogP contribution < -0.4 is 5.32 Å². The van der Waals surface area contributed by atoms with E-state index >= 15 is 0 Å². The molecule has 0 aliphatic carbocycles. The van der Waals surface area contributed by atoms with Crippen LogP contribution in [0.15, 0.2) is 36.5 Å². The smallest absolute Gasteiger partial charge is 0.305 e. The Morgan fingerprint density at radius 2 is 0.746 bits per heavy atom. The summed E-state index contributed by atoms with van der Waals surface area (Å²) in [5, 5.41) is 23.0. The highest BCUT2D eigenvalue weighted by atomic mass is 16.5. The van der Waals surface area contributed by atoms with E-state index in [-0.39, 0.29) is 18.5 Å². The van der Waals surface area contributed by atoms with E-state index in [1.54, 1.807) is 6.08 Å². The molecule has 0 bridgehead atoms. The molecule has 0 saturated heterocycles. The van der Waals surface area contributed by atoms with Crippen LogP contribution in [-0.4, -0.2) is 47.4 Å². The predicted octanol–water partition coefficient (Wildman–Crippen LogP) is 18.4. The van der Waals surface area contributed by atoms with Gasteiger partial charge in [0.2, 0.25) is 5.91 Å². The minimum absolute atomic E-state index is 0.00119. The third kappa shape index (κ3) is 53.3. The number of hydrogen-bond acceptors (Lipinski definition) is 5. The average Bonchev–Trinajstić information content (AvgIpc) is 3.33. The van der Waals surface area contributed by atoms with Crippen LogP contribution in [0.5, 0.6) is 0 Å². The molecule has 0 rings (SSSR count). The van der Waals surface area contributed by atoms with Crippen molar-refractivity contribution in [1.82, 2.24) is 5.32 Å². The van der Waals surface area contributed by atoms with Gasteiger partial charge in [0.05, 0.1) is 25.4 Å². The Bertz CT molecular complexity index is 1090. The van der Waals surface area contributed by atoms with E-state index in [1.165, 1.54) is 238 Å². The predicted molar refractivity (Wildman–Crippen MR) is 292 cm³/mol. The van der Waals surface area contributed by atoms with Crippen LogP contribution in [0.1, 0.15) is 316 Å². The Balaban J connectivity index is 3.36. The van der Waals surface area contributed by atoms with Gasteiger partial charge in [-0.1, -0.05) is 275 Å². The molecule has 2 atom stereocenters. The number of unbranched alkanes of at least 4 members (excludes halogenated alkanes) is 40. The number of carbonyl (C=O) groups is 2. The molecule has 0 fully saturated rings. The molecule has 0 aliphatic heterocycles. The normalized spacial score (nSPS) is 12.8. The first-order valence-electron chi connectivity index (χ1n) is 29.8. The zero-order valence-electron chi connectivity index (χ0n) is 44.9. The van der Waals surface area contributed by atoms with Crippen LogP contribution in [0.25, 0.3) is 0 Å². The van der Waals surface area contributed by atoms with Gasteiger partial charge in [0, 0.05) is 12.8 Å². The molecule has 2 unspecified atom stereocenters. The summed E-state index contributed by atoms with van der Waals surface area (Å²) in [4.78, 5) is 24.5. The van der Waals surface area contributed by atoms with Gasteiger partial charge in [0.1, 0.15) is 0 Å². The summed E-state index contributed by atoms with van der Waals surface area (Å²) in [5.41, 5.74) is 0. The molecule has 0 radical (unpaired) electrons. The molecule has 6 nitrogen and oxygen atoms in total. The molecular formula is C61H115NO5. The first-order chi connectivity index (χ1) is 33.0. The molecule has 0 aliphatic rings. The quantitative estimate of drug-likeness (QED) is 0.0321. The van der Waals surface area contributed by atoms with Gasteiger partial charge in [0.15, 0.2) is 0 Å². The Morgan fingerprint density at radius 1 is 0.418 bits per heavy atom. The second kappa shape index (κ2) is 56.7. The molecule has 0 spiro atoms. The van der Waals surface area contributed by atoms with Crippen molar-refractivity contribution in [3.05, 3.63) is 36.5 Å². The molecule has 67 heavy (non-hydrogen) atoms. The molecule has 0 aromatic heterocycles. The van der Waals surface area contributed by atoms with Crippen molar-refractivity contribution < 1.29 is 24.5 Å². The van der Waals surface area contributed by atoms with Crippen molar-refractivity contribution in [2.45, 2.75) is 328 Å². The number of aliphatic hydroxyl groups is 2. The maximum Gasteiger partial charge on any atom is 0.305 e. The minimum Gasteiger partial charge on any atom is -0.466 e. The SMILES string of the molecule is CCCCCC/C=C\C/C=C\CCCCCCCC(=O)OCCCCCCCCCCCCCCCCCCCCCCCCCCC(=O)NC(CO)C(O)/C=C/CCCCCCCCCC. The molecule has 1 amide bonds. The van der Waals surface area contributed by atoms with Crippen LogP contribution in [0, 0.1) is 0 Å². The lowest BCUT2D eigenvalue weighted by molar-refractivity contribution is -0.143. The van der Waals surface area contributed by atoms with Crippen molar-refractivity contribution in [3.63, 3.8) is 0 Å². The van der Waals surface area contributed by atoms with E-state index in [1.807, 2.05) is 6.08 Å². The van der Waals surface area contributed by atoms with Crippen LogP contribution in [-0.2, 0) is 14.3 Å². The van der Waals surface area contributed by atoms with E-state index in [2.05, 4.69) is 43.5 Å². The number of esters is 1. The standard InChI is InChI=1S/C61H115NO5/c1-3-5-7-9-11-13-15-16-17-29-32-35-39-43-47-51-55-61(66)67-56-52-48-44-40-36-33-30-27-25-23-21-19-18-20-22-24-26-28-31-34-38-42-46-50-54-60(65)62-58(57-63)59(64)53-49-45-41-37-14-12-10-8-6-4-2/h13,15,17,29,49,53,58-59,63-64H,3-12,14,16,18-28,30-48,50-52,54-57H2,1-2H3,(H,62,65)/b15-13-,29-17-,53-49+. The zero-order valence-corrected chi connectivity index (χ0v) is 44.9. The first-order valence-corrected chi connectivity index (χ1v) is 29.8. The van der Waals surface area contributed by atoms with Crippen molar-refractivity contribution >= 4 is 11.9 Å². The lowest BCUT2D eigenvalue weighted by atomic mass is 10.0. The second-order valence-corrected chi connectivity index (χ2v) is 20.3. The van der Waals surface area contributed by atoms with Crippen LogP contribution in [0.3, 0.4) is 0 Å². The number of aliphatic hydroxyl groups excluding tert-OH is 2. The molecule has 0 aromatic carbocycles. The van der Waals surface area contributed by atoms with E-state index in [0.29, 0.717) is 19.4 Å². The van der Waals surface area contributed by atoms with Crippen molar-refractivity contribution in [2.75, 3.05) is 13.2 Å². The summed E-state index contributed by atoms with van der Waals surface area (Å²) in [6.07, 6.45) is 70.4. The Morgan fingerprint density at radius 3 is 1.15 bits per heavy atom. The summed E-state index contributed by atoms with van der Waals surface area (Å²) in [6.45, 7) is 4.87. The number of amides is 1. The number of rotatable bonds is 55. The number of allylic oxidation sites excluding steroid dienone is 5. The highest BCUT2D eigenvalue weighted by Crippen LogP contribution is 2.17. The lowest BCUT2D eigenvalue weighted by Gasteiger charge is -2.20. The average molecular weight is 943 g/mol. The summed E-state index contributed by atoms with van der Waals surface area (Å²) in [5.74, 6) is -0.0675. The van der Waals surface area contributed by atoms with Gasteiger partial charge in [-0.3, -0.25) is 9.59 Å². The maximum atomic E-state index is 12.4. The van der Waals surface area contributed by atoms with Crippen LogP contribution in [0.2, 0.25) is 0 Å². The topological polar surface area (TPSA) is 95.9 Å². The summed E-state index contributed by atoms with van der Waals surface area (Å²) >= 11 is 0. The lowest BCUT2D eigenvalue weighted by Crippen LogP contribution is -2.45. The van der Waals surface area contributed by atoms with E-state index in [9.17, 15) is 19.8 Å². The Hall–Kier alpha value is -1.92. The minimum atomic E-state index is -0.842. The Kier molecular flexibility index (Phi) is 55.0. The largest absolute Gasteiger partial charge is 0.466 e. The monoisotopic (exact) mass is 942 g/mol. The highest BCUT2D eigenvalue weighted by molar-refractivity contribution is 5.76. The van der Waals surface area contributed by atoms with Crippen molar-refractivity contribution in [3.8, 4) is 0 Å². The van der Waals surface area contributed by atoms with E-state index in [4.69, 9.17) is 4.74 Å². The fourth-order valence-corrected chi connectivity index (χ4v) is 9.08. The Labute approximate surface area is 417 Å². The first kappa shape index (κ1) is 65.1. The third-order valence-corrected chi connectivity index (χ3v) is 13.7. The fraction of sp³-hybridized carbons (Fsp3) is 0.869. The zero-order chi connectivity index (χ0) is 48.6. The van der Waals surface area contributed by atoms with Gasteiger partial charge in [0.25, 0.3) is 0 Å². The van der Waals surface area contributed by atoms with Gasteiger partial charge in [-0.15, -0.1) is 0 Å².